The van der Waals surface area contributed by atoms with Crippen molar-refractivity contribution in [1.29, 1.82) is 0 Å². The van der Waals surface area contributed by atoms with Crippen molar-refractivity contribution in [3.05, 3.63) is 63.5 Å². The normalized spacial score (nSPS) is 14.3. The Balaban J connectivity index is 1.78. The molecule has 0 N–H and O–H groups in total. The van der Waals surface area contributed by atoms with Crippen molar-refractivity contribution in [3.63, 3.8) is 0 Å². The number of aromatic nitrogens is 1. The van der Waals surface area contributed by atoms with Crippen LogP contribution in [0.25, 0.3) is 22.6 Å². The van der Waals surface area contributed by atoms with Crippen LogP contribution in [0.15, 0.2) is 41.8 Å². The van der Waals surface area contributed by atoms with Gasteiger partial charge in [-0.15, -0.1) is 11.3 Å². The zero-order chi connectivity index (χ0) is 19.7. The van der Waals surface area contributed by atoms with E-state index in [0.717, 1.165) is 40.6 Å². The van der Waals surface area contributed by atoms with Crippen LogP contribution in [0.5, 0.6) is 0 Å². The second kappa shape index (κ2) is 7.56. The van der Waals surface area contributed by atoms with E-state index in [1.165, 1.54) is 9.78 Å². The highest BCUT2D eigenvalue weighted by Gasteiger charge is 2.28. The number of pyridine rings is 1. The Kier molecular flexibility index (Phi) is 4.96. The fourth-order valence-electron chi connectivity index (χ4n) is 3.39. The minimum atomic E-state index is -0.470. The molecule has 1 amide bonds. The molecule has 2 heterocycles. The molecule has 1 aromatic carbocycles. The molecule has 28 heavy (non-hydrogen) atoms. The van der Waals surface area contributed by atoms with Gasteiger partial charge >= 0.3 is 5.97 Å². The van der Waals surface area contributed by atoms with Crippen molar-refractivity contribution in [1.82, 2.24) is 9.88 Å². The first kappa shape index (κ1) is 18.4. The number of carbonyl (C=O) groups excluding carboxylic acids is 2. The summed E-state index contributed by atoms with van der Waals surface area (Å²) >= 11 is 1.67. The van der Waals surface area contributed by atoms with Crippen LogP contribution in [0, 0.1) is 0 Å². The molecule has 0 radical (unpaired) electrons. The third-order valence-corrected chi connectivity index (χ3v) is 5.65. The fourth-order valence-corrected chi connectivity index (χ4v) is 4.07. The van der Waals surface area contributed by atoms with Crippen LogP contribution < -0.4 is 0 Å². The Labute approximate surface area is 167 Å². The summed E-state index contributed by atoms with van der Waals surface area (Å²) in [4.78, 5) is 32.2. The highest BCUT2D eigenvalue weighted by Crippen LogP contribution is 2.38. The van der Waals surface area contributed by atoms with E-state index < -0.39 is 5.97 Å². The number of rotatable bonds is 4. The monoisotopic (exact) mass is 392 g/mol. The number of amides is 1. The lowest BCUT2D eigenvalue weighted by molar-refractivity contribution is -0.131. The van der Waals surface area contributed by atoms with Gasteiger partial charge < -0.3 is 9.64 Å². The smallest absolute Gasteiger partial charge is 0.339 e. The quantitative estimate of drug-likeness (QED) is 0.629. The number of allylic oxidation sites excluding steroid dienone is 1. The van der Waals surface area contributed by atoms with Gasteiger partial charge in [-0.3, -0.25) is 4.79 Å². The van der Waals surface area contributed by atoms with E-state index in [2.05, 4.69) is 12.1 Å². The number of hydrogen-bond donors (Lipinski definition) is 0. The molecule has 0 saturated heterocycles. The third kappa shape index (κ3) is 3.43. The topological polar surface area (TPSA) is 59.5 Å². The summed E-state index contributed by atoms with van der Waals surface area (Å²) < 4.78 is 5.35. The molecule has 5 nitrogen and oxygen atoms in total. The Morgan fingerprint density at radius 2 is 2.00 bits per heavy atom. The predicted octanol–water partition coefficient (Wildman–Crippen LogP) is 4.03. The Morgan fingerprint density at radius 3 is 2.75 bits per heavy atom. The summed E-state index contributed by atoms with van der Waals surface area (Å²) in [5, 5.41) is 2.81. The van der Waals surface area contributed by atoms with Gasteiger partial charge in [0, 0.05) is 24.4 Å². The molecular weight excluding hydrogens is 372 g/mol. The molecule has 0 fully saturated rings. The zero-order valence-corrected chi connectivity index (χ0v) is 16.6. The summed E-state index contributed by atoms with van der Waals surface area (Å²) in [6, 6.07) is 11.7. The second-order valence-electron chi connectivity index (χ2n) is 6.88. The first-order valence-corrected chi connectivity index (χ1v) is 9.96. The molecule has 0 aliphatic heterocycles. The number of nitrogens with zero attached hydrogens (tertiary/aromatic N) is 2. The number of ether oxygens (including phenoxy) is 1. The van der Waals surface area contributed by atoms with Crippen molar-refractivity contribution in [3.8, 4) is 0 Å². The van der Waals surface area contributed by atoms with E-state index in [1.807, 2.05) is 35.7 Å². The largest absolute Gasteiger partial charge is 0.452 e. The summed E-state index contributed by atoms with van der Waals surface area (Å²) in [5.74, 6) is -0.718. The van der Waals surface area contributed by atoms with Crippen molar-refractivity contribution < 1.29 is 14.3 Å². The lowest BCUT2D eigenvalue weighted by atomic mass is 10.0. The maximum absolute atomic E-state index is 12.9. The van der Waals surface area contributed by atoms with Crippen LogP contribution in [0.3, 0.4) is 0 Å². The third-order valence-electron chi connectivity index (χ3n) is 4.83. The maximum atomic E-state index is 12.9. The molecule has 0 saturated carbocycles. The molecule has 0 unspecified atom stereocenters. The van der Waals surface area contributed by atoms with E-state index in [9.17, 15) is 9.59 Å². The van der Waals surface area contributed by atoms with E-state index in [-0.39, 0.29) is 12.5 Å². The SMILES string of the molecule is CN(C)C(=O)COC(=O)c1c2c(nc3ccccc13)/C(=C\c1cccs1)CC2. The van der Waals surface area contributed by atoms with Gasteiger partial charge in [-0.25, -0.2) is 9.78 Å². The number of likely N-dealkylation sites (N-methyl/N-ethyl adjacent to an activating group) is 1. The lowest BCUT2D eigenvalue weighted by Gasteiger charge is -2.14. The fraction of sp³-hybridized carbons (Fsp3) is 0.227. The predicted molar refractivity (Wildman–Crippen MR) is 111 cm³/mol. The van der Waals surface area contributed by atoms with Gasteiger partial charge in [0.1, 0.15) is 0 Å². The number of carbonyl (C=O) groups is 2. The summed E-state index contributed by atoms with van der Waals surface area (Å²) in [6.07, 6.45) is 3.70. The van der Waals surface area contributed by atoms with Crippen LogP contribution in [-0.2, 0) is 16.0 Å². The van der Waals surface area contributed by atoms with Crippen LogP contribution in [-0.4, -0.2) is 42.5 Å². The van der Waals surface area contributed by atoms with Gasteiger partial charge in [-0.2, -0.15) is 0 Å². The Bertz CT molecular complexity index is 1080. The average molecular weight is 392 g/mol. The van der Waals surface area contributed by atoms with E-state index in [1.54, 1.807) is 25.4 Å². The molecule has 4 rings (SSSR count). The first-order chi connectivity index (χ1) is 13.5. The average Bonchev–Trinajstić information content (AvgIpc) is 3.34. The van der Waals surface area contributed by atoms with Crippen LogP contribution in [0.4, 0.5) is 0 Å². The molecule has 2 aromatic heterocycles. The molecule has 142 valence electrons. The van der Waals surface area contributed by atoms with Crippen LogP contribution >= 0.6 is 11.3 Å². The molecule has 1 aliphatic carbocycles. The first-order valence-electron chi connectivity index (χ1n) is 9.08. The van der Waals surface area contributed by atoms with E-state index in [0.29, 0.717) is 5.56 Å². The number of para-hydroxylation sites is 1. The maximum Gasteiger partial charge on any atom is 0.339 e. The summed E-state index contributed by atoms with van der Waals surface area (Å²) in [6.45, 7) is -0.269. The minimum absolute atomic E-state index is 0.248. The molecule has 1 aliphatic rings. The van der Waals surface area contributed by atoms with Gasteiger partial charge in [-0.05, 0) is 47.6 Å². The Morgan fingerprint density at radius 1 is 1.18 bits per heavy atom. The molecule has 0 atom stereocenters. The number of hydrogen-bond acceptors (Lipinski definition) is 5. The highest BCUT2D eigenvalue weighted by atomic mass is 32.1. The van der Waals surface area contributed by atoms with Crippen molar-refractivity contribution in [2.75, 3.05) is 20.7 Å². The standard InChI is InChI=1S/C22H20N2O3S/c1-24(2)19(25)13-27-22(26)20-16-7-3-4-8-18(16)23-21-14(9-10-17(20)21)12-15-6-5-11-28-15/h3-8,11-12H,9-10,13H2,1-2H3/b14-12-. The molecule has 3 aromatic rings. The number of fused-ring (bicyclic) bond motifs is 2. The molecule has 0 bridgehead atoms. The van der Waals surface area contributed by atoms with Gasteiger partial charge in [-0.1, -0.05) is 24.3 Å². The van der Waals surface area contributed by atoms with Gasteiger partial charge in [0.25, 0.3) is 5.91 Å². The van der Waals surface area contributed by atoms with E-state index in [4.69, 9.17) is 9.72 Å². The van der Waals surface area contributed by atoms with Gasteiger partial charge in [0.2, 0.25) is 0 Å². The van der Waals surface area contributed by atoms with Gasteiger partial charge in [0.15, 0.2) is 6.61 Å². The second-order valence-corrected chi connectivity index (χ2v) is 7.86. The molecular formula is C22H20N2O3S. The van der Waals surface area contributed by atoms with Crippen LogP contribution in [0.2, 0.25) is 0 Å². The van der Waals surface area contributed by atoms with Crippen molar-refractivity contribution >= 4 is 45.8 Å². The number of esters is 1. The molecule has 0 spiro atoms. The van der Waals surface area contributed by atoms with Crippen LogP contribution in [0.1, 0.15) is 32.9 Å². The van der Waals surface area contributed by atoms with Crippen molar-refractivity contribution in [2.24, 2.45) is 0 Å². The zero-order valence-electron chi connectivity index (χ0n) is 15.8. The van der Waals surface area contributed by atoms with E-state index >= 15 is 0 Å². The number of benzene rings is 1. The Hall–Kier alpha value is -2.99. The summed E-state index contributed by atoms with van der Waals surface area (Å²) in [5.41, 5.74) is 4.18. The lowest BCUT2D eigenvalue weighted by Crippen LogP contribution is -2.27. The molecule has 6 heteroatoms. The van der Waals surface area contributed by atoms with Gasteiger partial charge in [0.05, 0.1) is 16.8 Å². The van der Waals surface area contributed by atoms with Crippen molar-refractivity contribution in [2.45, 2.75) is 12.8 Å². The highest BCUT2D eigenvalue weighted by molar-refractivity contribution is 7.10. The number of thiophene rings is 1. The summed E-state index contributed by atoms with van der Waals surface area (Å²) in [7, 11) is 3.27. The minimum Gasteiger partial charge on any atom is -0.452 e.